The number of rotatable bonds is 4. The molecular weight excluding hydrogens is 371 g/mol. The summed E-state index contributed by atoms with van der Waals surface area (Å²) in [5, 5.41) is 13.0. The van der Waals surface area contributed by atoms with E-state index in [1.165, 1.54) is 0 Å². The Hall–Kier alpha value is -2.28. The van der Waals surface area contributed by atoms with Crippen LogP contribution in [0.15, 0.2) is 0 Å². The number of fused-ring (bicyclic) bond motifs is 1. The van der Waals surface area contributed by atoms with Crippen molar-refractivity contribution >= 4 is 28.2 Å². The molecule has 0 saturated carbocycles. The molecule has 1 aromatic heterocycles. The molecule has 1 aliphatic carbocycles. The fraction of sp³-hybridized carbons (Fsp3) is 0.562. The van der Waals surface area contributed by atoms with Crippen molar-refractivity contribution < 1.29 is 27.5 Å². The Morgan fingerprint density at radius 1 is 1.38 bits per heavy atom. The van der Waals surface area contributed by atoms with Gasteiger partial charge >= 0.3 is 17.8 Å². The Bertz CT molecular complexity index is 769. The molecule has 142 valence electrons. The van der Waals surface area contributed by atoms with Crippen LogP contribution in [0.5, 0.6) is 0 Å². The number of amides is 1. The molecule has 2 N–H and O–H groups in total. The third-order valence-corrected chi connectivity index (χ3v) is 5.37. The van der Waals surface area contributed by atoms with Gasteiger partial charge in [0, 0.05) is 11.8 Å². The van der Waals surface area contributed by atoms with E-state index in [-0.39, 0.29) is 10.6 Å². The van der Waals surface area contributed by atoms with Crippen LogP contribution in [0.4, 0.5) is 18.2 Å². The van der Waals surface area contributed by atoms with Gasteiger partial charge in [0.15, 0.2) is 0 Å². The molecule has 0 saturated heterocycles. The molecule has 26 heavy (non-hydrogen) atoms. The smallest absolute Gasteiger partial charge is 0.441 e. The van der Waals surface area contributed by atoms with Gasteiger partial charge in [0.05, 0.1) is 12.7 Å². The lowest BCUT2D eigenvalue weighted by Crippen LogP contribution is -2.69. The number of carbonyl (C=O) groups is 2. The van der Waals surface area contributed by atoms with Gasteiger partial charge < -0.3 is 15.4 Å². The SMILES string of the molecule is COC(=O)[C@](NC(C)=O)(Nc1sc2c(c1C#N)CC[C@H](C)C2)C(F)(F)F. The predicted octanol–water partition coefficient (Wildman–Crippen LogP) is 2.72. The first-order valence-corrected chi connectivity index (χ1v) is 8.64. The van der Waals surface area contributed by atoms with E-state index in [4.69, 9.17) is 0 Å². The highest BCUT2D eigenvalue weighted by molar-refractivity contribution is 7.16. The van der Waals surface area contributed by atoms with E-state index >= 15 is 0 Å². The van der Waals surface area contributed by atoms with Crippen LogP contribution in [0, 0.1) is 17.2 Å². The Morgan fingerprint density at radius 2 is 2.04 bits per heavy atom. The highest BCUT2D eigenvalue weighted by Crippen LogP contribution is 2.42. The number of methoxy groups -OCH3 is 1. The van der Waals surface area contributed by atoms with E-state index in [1.54, 1.807) is 5.32 Å². The van der Waals surface area contributed by atoms with Gasteiger partial charge in [-0.05, 0) is 30.7 Å². The lowest BCUT2D eigenvalue weighted by atomic mass is 9.88. The van der Waals surface area contributed by atoms with E-state index in [0.29, 0.717) is 24.3 Å². The lowest BCUT2D eigenvalue weighted by Gasteiger charge is -2.34. The maximum Gasteiger partial charge on any atom is 0.441 e. The second-order valence-corrected chi connectivity index (χ2v) is 7.32. The van der Waals surface area contributed by atoms with Gasteiger partial charge in [0.25, 0.3) is 0 Å². The monoisotopic (exact) mass is 389 g/mol. The molecule has 0 aliphatic heterocycles. The van der Waals surface area contributed by atoms with Gasteiger partial charge in [0.1, 0.15) is 11.1 Å². The average molecular weight is 389 g/mol. The molecule has 2 atom stereocenters. The highest BCUT2D eigenvalue weighted by Gasteiger charge is 2.63. The van der Waals surface area contributed by atoms with E-state index in [9.17, 15) is 28.0 Å². The molecule has 1 aliphatic rings. The first-order valence-electron chi connectivity index (χ1n) is 7.82. The van der Waals surface area contributed by atoms with Crippen LogP contribution >= 0.6 is 11.3 Å². The molecule has 0 unspecified atom stereocenters. The summed E-state index contributed by atoms with van der Waals surface area (Å²) in [6.07, 6.45) is -3.15. The number of anilines is 1. The molecule has 1 amide bonds. The molecule has 0 spiro atoms. The summed E-state index contributed by atoms with van der Waals surface area (Å²) in [5.41, 5.74) is -2.71. The number of ether oxygens (including phenoxy) is 1. The number of carbonyl (C=O) groups excluding carboxylic acids is 2. The molecule has 2 rings (SSSR count). The molecular formula is C16H18F3N3O3S. The minimum absolute atomic E-state index is 0.0692. The van der Waals surface area contributed by atoms with Crippen molar-refractivity contribution in [2.45, 2.75) is 44.9 Å². The van der Waals surface area contributed by atoms with Crippen molar-refractivity contribution in [2.75, 3.05) is 12.4 Å². The first kappa shape index (κ1) is 20.0. The van der Waals surface area contributed by atoms with Crippen LogP contribution in [0.1, 0.15) is 36.3 Å². The zero-order valence-electron chi connectivity index (χ0n) is 14.4. The average Bonchev–Trinajstić information content (AvgIpc) is 2.87. The Balaban J connectivity index is 2.58. The van der Waals surface area contributed by atoms with Crippen LogP contribution in [-0.4, -0.2) is 30.8 Å². The summed E-state index contributed by atoms with van der Waals surface area (Å²) >= 11 is 0.996. The minimum atomic E-state index is -5.20. The first-order chi connectivity index (χ1) is 12.1. The van der Waals surface area contributed by atoms with Crippen LogP contribution in [0.25, 0.3) is 0 Å². The van der Waals surface area contributed by atoms with Crippen LogP contribution < -0.4 is 10.6 Å². The summed E-state index contributed by atoms with van der Waals surface area (Å²) in [6, 6.07) is 1.92. The number of thiophene rings is 1. The van der Waals surface area contributed by atoms with E-state index < -0.39 is 23.7 Å². The third-order valence-electron chi connectivity index (χ3n) is 4.20. The van der Waals surface area contributed by atoms with Crippen molar-refractivity contribution in [3.8, 4) is 6.07 Å². The molecule has 0 fully saturated rings. The topological polar surface area (TPSA) is 91.2 Å². The van der Waals surface area contributed by atoms with Gasteiger partial charge in [-0.3, -0.25) is 4.79 Å². The standard InChI is InChI=1S/C16H18F3N3O3S/c1-8-4-5-10-11(7-20)13(26-12(10)6-8)22-15(14(24)25-3,16(17,18)19)21-9(2)23/h8,22H,4-6H2,1-3H3,(H,21,23)/t8-,15-/m0/s1. The van der Waals surface area contributed by atoms with Crippen molar-refractivity contribution in [1.82, 2.24) is 5.32 Å². The Morgan fingerprint density at radius 3 is 2.54 bits per heavy atom. The summed E-state index contributed by atoms with van der Waals surface area (Å²) in [4.78, 5) is 24.2. The third kappa shape index (κ3) is 3.49. The van der Waals surface area contributed by atoms with Crippen molar-refractivity contribution in [3.05, 3.63) is 16.0 Å². The van der Waals surface area contributed by atoms with Gasteiger partial charge in [-0.15, -0.1) is 11.3 Å². The fourth-order valence-electron chi connectivity index (χ4n) is 2.94. The summed E-state index contributed by atoms with van der Waals surface area (Å²) in [6.45, 7) is 2.88. The van der Waals surface area contributed by atoms with E-state index in [1.807, 2.05) is 13.0 Å². The summed E-state index contributed by atoms with van der Waals surface area (Å²) < 4.78 is 45.6. The minimum Gasteiger partial charge on any atom is -0.466 e. The maximum atomic E-state index is 13.8. The lowest BCUT2D eigenvalue weighted by molar-refractivity contribution is -0.206. The molecule has 0 aromatic carbocycles. The number of hydrogen-bond acceptors (Lipinski definition) is 6. The largest absolute Gasteiger partial charge is 0.466 e. The number of nitriles is 1. The predicted molar refractivity (Wildman–Crippen MR) is 88.5 cm³/mol. The zero-order chi connectivity index (χ0) is 19.7. The zero-order valence-corrected chi connectivity index (χ0v) is 15.2. The van der Waals surface area contributed by atoms with Crippen molar-refractivity contribution in [1.29, 1.82) is 5.26 Å². The number of alkyl halides is 3. The van der Waals surface area contributed by atoms with Gasteiger partial charge in [-0.25, -0.2) is 4.79 Å². The molecule has 10 heteroatoms. The Labute approximate surface area is 152 Å². The summed E-state index contributed by atoms with van der Waals surface area (Å²) in [7, 11) is 0.790. The van der Waals surface area contributed by atoms with Crippen molar-refractivity contribution in [2.24, 2.45) is 5.92 Å². The number of esters is 1. The normalized spacial score (nSPS) is 18.9. The highest BCUT2D eigenvalue weighted by atomic mass is 32.1. The van der Waals surface area contributed by atoms with Crippen molar-refractivity contribution in [3.63, 3.8) is 0 Å². The van der Waals surface area contributed by atoms with E-state index in [0.717, 1.165) is 36.7 Å². The molecule has 6 nitrogen and oxygen atoms in total. The number of nitrogens with one attached hydrogen (secondary N) is 2. The van der Waals surface area contributed by atoms with Gasteiger partial charge in [-0.1, -0.05) is 6.92 Å². The molecule has 0 radical (unpaired) electrons. The molecule has 1 heterocycles. The molecule has 0 bridgehead atoms. The van der Waals surface area contributed by atoms with Gasteiger partial charge in [-0.2, -0.15) is 18.4 Å². The second-order valence-electron chi connectivity index (χ2n) is 6.21. The second kappa shape index (κ2) is 7.15. The number of nitrogens with zero attached hydrogens (tertiary/aromatic N) is 1. The number of hydrogen-bond donors (Lipinski definition) is 2. The van der Waals surface area contributed by atoms with Gasteiger partial charge in [0.2, 0.25) is 5.91 Å². The quantitative estimate of drug-likeness (QED) is 0.610. The Kier molecular flexibility index (Phi) is 5.51. The summed E-state index contributed by atoms with van der Waals surface area (Å²) in [5.74, 6) is -2.44. The van der Waals surface area contributed by atoms with Crippen LogP contribution in [-0.2, 0) is 27.2 Å². The number of halogens is 3. The fourth-order valence-corrected chi connectivity index (χ4v) is 4.35. The molecule has 1 aromatic rings. The van der Waals surface area contributed by atoms with Crippen LogP contribution in [0.2, 0.25) is 0 Å². The van der Waals surface area contributed by atoms with Crippen LogP contribution in [0.3, 0.4) is 0 Å². The van der Waals surface area contributed by atoms with E-state index in [2.05, 4.69) is 10.1 Å². The maximum absolute atomic E-state index is 13.8.